The molecule has 1 aliphatic carbocycles. The maximum atomic E-state index is 8.84. The SMILES string of the molecule is NCC1CCC(c2ccccc2)CC1OCCCO. The van der Waals surface area contributed by atoms with Crippen LogP contribution in [-0.4, -0.2) is 31.0 Å². The van der Waals surface area contributed by atoms with Crippen molar-refractivity contribution in [3.8, 4) is 0 Å². The molecule has 0 aromatic heterocycles. The van der Waals surface area contributed by atoms with Crippen LogP contribution in [0.15, 0.2) is 30.3 Å². The van der Waals surface area contributed by atoms with E-state index in [9.17, 15) is 0 Å². The van der Waals surface area contributed by atoms with Gasteiger partial charge in [0.2, 0.25) is 0 Å². The Morgan fingerprint density at radius 1 is 1.21 bits per heavy atom. The molecule has 1 saturated carbocycles. The Morgan fingerprint density at radius 3 is 2.68 bits per heavy atom. The molecule has 3 nitrogen and oxygen atoms in total. The standard InChI is InChI=1S/C16H25NO2/c17-12-15-8-7-14(13-5-2-1-3-6-13)11-16(15)19-10-4-9-18/h1-3,5-6,14-16,18H,4,7-12,17H2. The molecule has 19 heavy (non-hydrogen) atoms. The third-order valence-electron chi connectivity index (χ3n) is 4.14. The average molecular weight is 263 g/mol. The Hall–Kier alpha value is -0.900. The van der Waals surface area contributed by atoms with Crippen LogP contribution in [0.1, 0.15) is 37.2 Å². The van der Waals surface area contributed by atoms with Gasteiger partial charge < -0.3 is 15.6 Å². The molecule has 3 N–H and O–H groups in total. The summed E-state index contributed by atoms with van der Waals surface area (Å²) in [6.07, 6.45) is 4.35. The summed E-state index contributed by atoms with van der Waals surface area (Å²) in [6.45, 7) is 1.53. The Balaban J connectivity index is 1.95. The Kier molecular flexibility index (Phi) is 5.83. The molecule has 0 bridgehead atoms. The van der Waals surface area contributed by atoms with E-state index < -0.39 is 0 Å². The first kappa shape index (κ1) is 14.5. The normalized spacial score (nSPS) is 27.4. The van der Waals surface area contributed by atoms with Gasteiger partial charge in [-0.05, 0) is 49.6 Å². The number of aliphatic hydroxyl groups is 1. The quantitative estimate of drug-likeness (QED) is 0.774. The zero-order chi connectivity index (χ0) is 13.5. The maximum Gasteiger partial charge on any atom is 0.0621 e. The third-order valence-corrected chi connectivity index (χ3v) is 4.14. The van der Waals surface area contributed by atoms with E-state index in [4.69, 9.17) is 15.6 Å². The van der Waals surface area contributed by atoms with Gasteiger partial charge in [0.15, 0.2) is 0 Å². The van der Waals surface area contributed by atoms with Gasteiger partial charge in [-0.25, -0.2) is 0 Å². The molecule has 0 spiro atoms. The van der Waals surface area contributed by atoms with Gasteiger partial charge in [0.1, 0.15) is 0 Å². The monoisotopic (exact) mass is 263 g/mol. The van der Waals surface area contributed by atoms with Gasteiger partial charge in [-0.2, -0.15) is 0 Å². The van der Waals surface area contributed by atoms with Gasteiger partial charge in [0.25, 0.3) is 0 Å². The largest absolute Gasteiger partial charge is 0.396 e. The number of aliphatic hydroxyl groups excluding tert-OH is 1. The number of benzene rings is 1. The molecule has 3 atom stereocenters. The molecular formula is C16H25NO2. The van der Waals surface area contributed by atoms with Crippen molar-refractivity contribution in [2.24, 2.45) is 11.7 Å². The third kappa shape index (κ3) is 4.03. The van der Waals surface area contributed by atoms with Crippen molar-refractivity contribution < 1.29 is 9.84 Å². The average Bonchev–Trinajstić information content (AvgIpc) is 2.48. The number of ether oxygens (including phenoxy) is 1. The van der Waals surface area contributed by atoms with E-state index in [2.05, 4.69) is 30.3 Å². The zero-order valence-corrected chi connectivity index (χ0v) is 11.5. The lowest BCUT2D eigenvalue weighted by Crippen LogP contribution is -2.36. The highest BCUT2D eigenvalue weighted by Gasteiger charge is 2.30. The molecule has 0 radical (unpaired) electrons. The lowest BCUT2D eigenvalue weighted by atomic mass is 9.77. The van der Waals surface area contributed by atoms with Gasteiger partial charge in [-0.3, -0.25) is 0 Å². The Labute approximate surface area is 115 Å². The summed E-state index contributed by atoms with van der Waals surface area (Å²) in [7, 11) is 0. The van der Waals surface area contributed by atoms with E-state index in [-0.39, 0.29) is 12.7 Å². The summed E-state index contributed by atoms with van der Waals surface area (Å²) in [5.41, 5.74) is 7.26. The van der Waals surface area contributed by atoms with Gasteiger partial charge in [-0.1, -0.05) is 30.3 Å². The fourth-order valence-electron chi connectivity index (χ4n) is 2.99. The van der Waals surface area contributed by atoms with Crippen molar-refractivity contribution >= 4 is 0 Å². The van der Waals surface area contributed by atoms with Gasteiger partial charge in [0.05, 0.1) is 6.10 Å². The van der Waals surface area contributed by atoms with Crippen LogP contribution in [0.25, 0.3) is 0 Å². The van der Waals surface area contributed by atoms with Gasteiger partial charge >= 0.3 is 0 Å². The first-order valence-electron chi connectivity index (χ1n) is 7.32. The molecule has 0 heterocycles. The highest BCUT2D eigenvalue weighted by atomic mass is 16.5. The first-order valence-corrected chi connectivity index (χ1v) is 7.32. The van der Waals surface area contributed by atoms with Crippen LogP contribution in [0, 0.1) is 5.92 Å². The number of rotatable bonds is 6. The number of hydrogen-bond donors (Lipinski definition) is 2. The van der Waals surface area contributed by atoms with Gasteiger partial charge in [-0.15, -0.1) is 0 Å². The minimum absolute atomic E-state index is 0.197. The van der Waals surface area contributed by atoms with Gasteiger partial charge in [0, 0.05) is 13.2 Å². The maximum absolute atomic E-state index is 8.84. The van der Waals surface area contributed by atoms with Crippen molar-refractivity contribution in [1.82, 2.24) is 0 Å². The lowest BCUT2D eigenvalue weighted by molar-refractivity contribution is -0.0182. The van der Waals surface area contributed by atoms with E-state index >= 15 is 0 Å². The molecule has 1 aromatic rings. The van der Waals surface area contributed by atoms with Crippen molar-refractivity contribution in [1.29, 1.82) is 0 Å². The zero-order valence-electron chi connectivity index (χ0n) is 11.5. The van der Waals surface area contributed by atoms with Crippen molar-refractivity contribution in [3.63, 3.8) is 0 Å². The lowest BCUT2D eigenvalue weighted by Gasteiger charge is -2.35. The highest BCUT2D eigenvalue weighted by Crippen LogP contribution is 2.37. The highest BCUT2D eigenvalue weighted by molar-refractivity contribution is 5.20. The molecule has 2 rings (SSSR count). The van der Waals surface area contributed by atoms with Crippen LogP contribution in [-0.2, 0) is 4.74 Å². The van der Waals surface area contributed by atoms with E-state index in [1.54, 1.807) is 0 Å². The topological polar surface area (TPSA) is 55.5 Å². The molecule has 106 valence electrons. The van der Waals surface area contributed by atoms with Crippen LogP contribution in [0.4, 0.5) is 0 Å². The van der Waals surface area contributed by atoms with E-state index in [0.29, 0.717) is 31.4 Å². The fourth-order valence-corrected chi connectivity index (χ4v) is 2.99. The van der Waals surface area contributed by atoms with E-state index in [1.807, 2.05) is 0 Å². The van der Waals surface area contributed by atoms with Crippen LogP contribution in [0.3, 0.4) is 0 Å². The molecule has 3 unspecified atom stereocenters. The smallest absolute Gasteiger partial charge is 0.0621 e. The molecule has 0 amide bonds. The number of nitrogens with two attached hydrogens (primary N) is 1. The molecular weight excluding hydrogens is 238 g/mol. The summed E-state index contributed by atoms with van der Waals surface area (Å²) in [6, 6.07) is 10.7. The van der Waals surface area contributed by atoms with Crippen molar-refractivity contribution in [2.45, 2.75) is 37.7 Å². The predicted molar refractivity (Wildman–Crippen MR) is 77.0 cm³/mol. The first-order chi connectivity index (χ1) is 9.35. The Morgan fingerprint density at radius 2 is 2.00 bits per heavy atom. The van der Waals surface area contributed by atoms with Crippen LogP contribution >= 0.6 is 0 Å². The second-order valence-corrected chi connectivity index (χ2v) is 5.40. The summed E-state index contributed by atoms with van der Waals surface area (Å²) < 4.78 is 5.94. The Bertz CT molecular complexity index is 355. The number of hydrogen-bond acceptors (Lipinski definition) is 3. The molecule has 0 saturated heterocycles. The molecule has 1 aromatic carbocycles. The summed E-state index contributed by atoms with van der Waals surface area (Å²) in [4.78, 5) is 0. The van der Waals surface area contributed by atoms with E-state index in [1.165, 1.54) is 12.0 Å². The minimum Gasteiger partial charge on any atom is -0.396 e. The molecule has 1 aliphatic rings. The van der Waals surface area contributed by atoms with Crippen LogP contribution in [0.5, 0.6) is 0 Å². The minimum atomic E-state index is 0.197. The summed E-state index contributed by atoms with van der Waals surface area (Å²) >= 11 is 0. The molecule has 0 aliphatic heterocycles. The van der Waals surface area contributed by atoms with Crippen LogP contribution in [0.2, 0.25) is 0 Å². The van der Waals surface area contributed by atoms with Crippen molar-refractivity contribution in [2.75, 3.05) is 19.8 Å². The molecule has 3 heteroatoms. The predicted octanol–water partition coefficient (Wildman–Crippen LogP) is 2.30. The molecule has 1 fully saturated rings. The van der Waals surface area contributed by atoms with E-state index in [0.717, 1.165) is 12.8 Å². The second kappa shape index (κ2) is 7.63. The fraction of sp³-hybridized carbons (Fsp3) is 0.625. The van der Waals surface area contributed by atoms with Crippen LogP contribution < -0.4 is 5.73 Å². The summed E-state index contributed by atoms with van der Waals surface area (Å²) in [5.74, 6) is 1.06. The van der Waals surface area contributed by atoms with Crippen molar-refractivity contribution in [3.05, 3.63) is 35.9 Å². The summed E-state index contributed by atoms with van der Waals surface area (Å²) in [5, 5.41) is 8.84. The second-order valence-electron chi connectivity index (χ2n) is 5.40.